The average Bonchev–Trinajstić information content (AvgIpc) is 2.31. The summed E-state index contributed by atoms with van der Waals surface area (Å²) >= 11 is 3.42. The minimum absolute atomic E-state index is 0.223. The van der Waals surface area contributed by atoms with Gasteiger partial charge in [-0.25, -0.2) is 4.79 Å². The molecule has 0 fully saturated rings. The highest BCUT2D eigenvalue weighted by Gasteiger charge is 2.01. The third-order valence-corrected chi connectivity index (χ3v) is 3.31. The molecule has 0 aliphatic carbocycles. The van der Waals surface area contributed by atoms with Crippen molar-refractivity contribution in [3.63, 3.8) is 0 Å². The molecule has 2 N–H and O–H groups in total. The SMILES string of the molecule is CC/C(C)=C/NC(=O)Nc1ccc(Br)c(C)c1. The Bertz CT molecular complexity index is 441. The normalized spacial score (nSPS) is 11.2. The van der Waals surface area contributed by atoms with Crippen LogP contribution in [0, 0.1) is 6.92 Å². The first kappa shape index (κ1) is 13.8. The summed E-state index contributed by atoms with van der Waals surface area (Å²) in [5.41, 5.74) is 3.00. The Kier molecular flexibility index (Phi) is 5.22. The number of carbonyl (C=O) groups excluding carboxylic acids is 1. The van der Waals surface area contributed by atoms with Crippen LogP contribution in [0.4, 0.5) is 10.5 Å². The van der Waals surface area contributed by atoms with E-state index < -0.39 is 0 Å². The number of urea groups is 1. The van der Waals surface area contributed by atoms with Gasteiger partial charge < -0.3 is 10.6 Å². The van der Waals surface area contributed by atoms with Crippen molar-refractivity contribution in [2.75, 3.05) is 5.32 Å². The summed E-state index contributed by atoms with van der Waals surface area (Å²) in [4.78, 5) is 11.6. The van der Waals surface area contributed by atoms with Crippen LogP contribution in [0.25, 0.3) is 0 Å². The third kappa shape index (κ3) is 4.61. The van der Waals surface area contributed by atoms with Crippen LogP contribution in [0.1, 0.15) is 25.8 Å². The number of benzene rings is 1. The molecule has 0 aliphatic rings. The van der Waals surface area contributed by atoms with E-state index in [1.807, 2.05) is 39.0 Å². The molecular formula is C13H17BrN2O. The summed E-state index contributed by atoms with van der Waals surface area (Å²) in [7, 11) is 0. The van der Waals surface area contributed by atoms with Crippen LogP contribution in [0.15, 0.2) is 34.4 Å². The van der Waals surface area contributed by atoms with E-state index in [9.17, 15) is 4.79 Å². The van der Waals surface area contributed by atoms with E-state index in [1.54, 1.807) is 6.20 Å². The molecule has 0 atom stereocenters. The predicted molar refractivity (Wildman–Crippen MR) is 75.1 cm³/mol. The molecule has 0 saturated heterocycles. The lowest BCUT2D eigenvalue weighted by Gasteiger charge is -2.07. The van der Waals surface area contributed by atoms with Gasteiger partial charge in [-0.15, -0.1) is 0 Å². The molecule has 0 heterocycles. The monoisotopic (exact) mass is 296 g/mol. The number of halogens is 1. The zero-order valence-electron chi connectivity index (χ0n) is 10.3. The van der Waals surface area contributed by atoms with Gasteiger partial charge in [-0.3, -0.25) is 0 Å². The van der Waals surface area contributed by atoms with Gasteiger partial charge in [-0.2, -0.15) is 0 Å². The maximum atomic E-state index is 11.6. The lowest BCUT2D eigenvalue weighted by Crippen LogP contribution is -2.24. The number of anilines is 1. The number of allylic oxidation sites excluding steroid dienone is 1. The van der Waals surface area contributed by atoms with Crippen molar-refractivity contribution in [3.8, 4) is 0 Å². The molecule has 0 bridgehead atoms. The second-order valence-electron chi connectivity index (χ2n) is 3.91. The van der Waals surface area contributed by atoms with Gasteiger partial charge in [0.1, 0.15) is 0 Å². The Morgan fingerprint density at radius 2 is 2.18 bits per heavy atom. The van der Waals surface area contributed by atoms with Gasteiger partial charge in [0.15, 0.2) is 0 Å². The summed E-state index contributed by atoms with van der Waals surface area (Å²) in [5, 5.41) is 5.47. The summed E-state index contributed by atoms with van der Waals surface area (Å²) in [5.74, 6) is 0. The largest absolute Gasteiger partial charge is 0.323 e. The number of hydrogen-bond acceptors (Lipinski definition) is 1. The maximum absolute atomic E-state index is 11.6. The van der Waals surface area contributed by atoms with Crippen LogP contribution in [-0.4, -0.2) is 6.03 Å². The highest BCUT2D eigenvalue weighted by molar-refractivity contribution is 9.10. The van der Waals surface area contributed by atoms with Crippen molar-refractivity contribution in [2.24, 2.45) is 0 Å². The van der Waals surface area contributed by atoms with Gasteiger partial charge in [0, 0.05) is 16.4 Å². The number of aryl methyl sites for hydroxylation is 1. The summed E-state index contributed by atoms with van der Waals surface area (Å²) < 4.78 is 1.03. The Labute approximate surface area is 110 Å². The van der Waals surface area contributed by atoms with Gasteiger partial charge in [-0.05, 0) is 44.0 Å². The quantitative estimate of drug-likeness (QED) is 0.863. The molecule has 4 heteroatoms. The van der Waals surface area contributed by atoms with Crippen molar-refractivity contribution in [2.45, 2.75) is 27.2 Å². The zero-order chi connectivity index (χ0) is 12.8. The molecule has 0 aromatic heterocycles. The fourth-order valence-electron chi connectivity index (χ4n) is 1.18. The topological polar surface area (TPSA) is 41.1 Å². The van der Waals surface area contributed by atoms with Crippen molar-refractivity contribution < 1.29 is 4.79 Å². The predicted octanol–water partition coefficient (Wildman–Crippen LogP) is 4.19. The first-order chi connectivity index (χ1) is 8.02. The maximum Gasteiger partial charge on any atom is 0.323 e. The summed E-state index contributed by atoms with van der Waals surface area (Å²) in [6, 6.07) is 5.46. The van der Waals surface area contributed by atoms with Gasteiger partial charge >= 0.3 is 6.03 Å². The van der Waals surface area contributed by atoms with E-state index in [4.69, 9.17) is 0 Å². The van der Waals surface area contributed by atoms with Crippen LogP contribution < -0.4 is 10.6 Å². The average molecular weight is 297 g/mol. The number of rotatable bonds is 3. The molecule has 92 valence electrons. The van der Waals surface area contributed by atoms with E-state index in [0.29, 0.717) is 0 Å². The molecule has 1 aromatic rings. The fraction of sp³-hybridized carbons (Fsp3) is 0.308. The standard InChI is InChI=1S/C13H17BrN2O/c1-4-9(2)8-15-13(17)16-11-5-6-12(14)10(3)7-11/h5-8H,4H2,1-3H3,(H2,15,16,17)/b9-8+. The highest BCUT2D eigenvalue weighted by atomic mass is 79.9. The van der Waals surface area contributed by atoms with Gasteiger partial charge in [-0.1, -0.05) is 28.4 Å². The van der Waals surface area contributed by atoms with E-state index in [2.05, 4.69) is 26.6 Å². The minimum Gasteiger partial charge on any atom is -0.314 e. The van der Waals surface area contributed by atoms with Crippen LogP contribution >= 0.6 is 15.9 Å². The molecule has 1 aromatic carbocycles. The molecule has 0 saturated carbocycles. The molecule has 17 heavy (non-hydrogen) atoms. The molecule has 0 spiro atoms. The Morgan fingerprint density at radius 3 is 2.76 bits per heavy atom. The van der Waals surface area contributed by atoms with Gasteiger partial charge in [0.05, 0.1) is 0 Å². The number of carbonyl (C=O) groups is 1. The number of hydrogen-bond donors (Lipinski definition) is 2. The van der Waals surface area contributed by atoms with Crippen molar-refractivity contribution in [1.82, 2.24) is 5.32 Å². The van der Waals surface area contributed by atoms with Gasteiger partial charge in [0.2, 0.25) is 0 Å². The van der Waals surface area contributed by atoms with E-state index in [-0.39, 0.29) is 6.03 Å². The smallest absolute Gasteiger partial charge is 0.314 e. The van der Waals surface area contributed by atoms with Crippen LogP contribution in [0.2, 0.25) is 0 Å². The molecule has 0 radical (unpaired) electrons. The molecule has 3 nitrogen and oxygen atoms in total. The Hall–Kier alpha value is -1.29. The Morgan fingerprint density at radius 1 is 1.47 bits per heavy atom. The van der Waals surface area contributed by atoms with Crippen LogP contribution in [0.5, 0.6) is 0 Å². The lowest BCUT2D eigenvalue weighted by molar-refractivity contribution is 0.255. The lowest BCUT2D eigenvalue weighted by atomic mass is 10.2. The second kappa shape index (κ2) is 6.45. The van der Waals surface area contributed by atoms with E-state index in [1.165, 1.54) is 0 Å². The number of nitrogens with one attached hydrogen (secondary N) is 2. The second-order valence-corrected chi connectivity index (χ2v) is 4.76. The third-order valence-electron chi connectivity index (χ3n) is 2.42. The van der Waals surface area contributed by atoms with Crippen molar-refractivity contribution in [3.05, 3.63) is 40.0 Å². The van der Waals surface area contributed by atoms with Crippen LogP contribution in [0.3, 0.4) is 0 Å². The molecule has 0 unspecified atom stereocenters. The molecule has 0 aliphatic heterocycles. The first-order valence-corrected chi connectivity index (χ1v) is 6.31. The molecular weight excluding hydrogens is 280 g/mol. The van der Waals surface area contributed by atoms with E-state index in [0.717, 1.165) is 27.7 Å². The van der Waals surface area contributed by atoms with Crippen molar-refractivity contribution in [1.29, 1.82) is 0 Å². The summed E-state index contributed by atoms with van der Waals surface area (Å²) in [6.45, 7) is 6.00. The summed E-state index contributed by atoms with van der Waals surface area (Å²) in [6.07, 6.45) is 2.65. The molecule has 1 rings (SSSR count). The molecule has 2 amide bonds. The van der Waals surface area contributed by atoms with E-state index >= 15 is 0 Å². The minimum atomic E-state index is -0.223. The van der Waals surface area contributed by atoms with Gasteiger partial charge in [0.25, 0.3) is 0 Å². The first-order valence-electron chi connectivity index (χ1n) is 5.52. The van der Waals surface area contributed by atoms with Crippen LogP contribution in [-0.2, 0) is 0 Å². The zero-order valence-corrected chi connectivity index (χ0v) is 11.9. The van der Waals surface area contributed by atoms with Crippen molar-refractivity contribution >= 4 is 27.6 Å². The Balaban J connectivity index is 2.59. The highest BCUT2D eigenvalue weighted by Crippen LogP contribution is 2.19. The fourth-order valence-corrected chi connectivity index (χ4v) is 1.43. The number of amides is 2.